The fourth-order valence-corrected chi connectivity index (χ4v) is 9.36. The molecule has 10 aromatic carbocycles. The minimum Gasteiger partial charge on any atom is -0.310 e. The summed E-state index contributed by atoms with van der Waals surface area (Å²) in [6, 6.07) is 63.3. The van der Waals surface area contributed by atoms with Crippen LogP contribution in [0.2, 0.25) is 0 Å². The Morgan fingerprint density at radius 1 is 0.422 bits per heavy atom. The van der Waals surface area contributed by atoms with E-state index >= 15 is 0 Å². The Kier molecular flexibility index (Phi) is 9.94. The van der Waals surface area contributed by atoms with Crippen LogP contribution in [-0.4, -0.2) is 0 Å². The van der Waals surface area contributed by atoms with Crippen molar-refractivity contribution in [1.29, 1.82) is 5.26 Å². The van der Waals surface area contributed by atoms with Gasteiger partial charge in [-0.25, -0.2) is 4.85 Å². The third kappa shape index (κ3) is 6.87. The first-order valence-corrected chi connectivity index (χ1v) is 21.8. The van der Waals surface area contributed by atoms with Crippen molar-refractivity contribution in [2.24, 2.45) is 0 Å². The van der Waals surface area contributed by atoms with Crippen LogP contribution < -0.4 is 9.80 Å². The molecule has 0 amide bonds. The number of rotatable bonds is 8. The lowest BCUT2D eigenvalue weighted by Crippen LogP contribution is -2.13. The molecule has 0 spiro atoms. The molecule has 0 bridgehead atoms. The lowest BCUT2D eigenvalue weighted by Gasteiger charge is -2.31. The molecule has 64 heavy (non-hydrogen) atoms. The zero-order valence-corrected chi connectivity index (χ0v) is 37.0. The third-order valence-electron chi connectivity index (χ3n) is 13.0. The highest BCUT2D eigenvalue weighted by Crippen LogP contribution is 2.52. The zero-order valence-electron chi connectivity index (χ0n) is 37.0. The molecule has 306 valence electrons. The first kappa shape index (κ1) is 39.9. The Morgan fingerprint density at radius 2 is 0.844 bits per heavy atom. The third-order valence-corrected chi connectivity index (χ3v) is 13.0. The maximum Gasteiger partial charge on any atom is 0.187 e. The Morgan fingerprint density at radius 3 is 1.25 bits per heavy atom. The molecule has 0 radical (unpaired) electrons. The van der Waals surface area contributed by atoms with Crippen LogP contribution in [0.5, 0.6) is 0 Å². The van der Waals surface area contributed by atoms with Crippen LogP contribution in [-0.2, 0) is 0 Å². The first-order chi connectivity index (χ1) is 31.1. The van der Waals surface area contributed by atoms with Crippen LogP contribution in [0.1, 0.15) is 38.9 Å². The molecule has 4 heteroatoms. The summed E-state index contributed by atoms with van der Waals surface area (Å²) < 4.78 is 0. The summed E-state index contributed by atoms with van der Waals surface area (Å²) in [5.74, 6) is 0. The van der Waals surface area contributed by atoms with Crippen LogP contribution in [0.25, 0.3) is 59.4 Å². The Balaban J connectivity index is 1.39. The van der Waals surface area contributed by atoms with Gasteiger partial charge in [-0.05, 0) is 181 Å². The smallest absolute Gasteiger partial charge is 0.187 e. The number of aryl methyl sites for hydroxylation is 6. The summed E-state index contributed by atoms with van der Waals surface area (Å²) in [6.07, 6.45) is 0. The molecule has 0 fully saturated rings. The normalized spacial score (nSPS) is 11.2. The molecule has 0 unspecified atom stereocenters. The van der Waals surface area contributed by atoms with Crippen molar-refractivity contribution in [3.63, 3.8) is 0 Å². The number of nitrogens with zero attached hydrogens (tertiary/aromatic N) is 4. The van der Waals surface area contributed by atoms with Crippen molar-refractivity contribution in [2.45, 2.75) is 41.5 Å². The molecule has 4 nitrogen and oxygen atoms in total. The molecule has 0 aromatic heterocycles. The van der Waals surface area contributed by atoms with E-state index in [9.17, 15) is 5.26 Å². The molecule has 0 N–H and O–H groups in total. The minimum atomic E-state index is 0.609. The topological polar surface area (TPSA) is 34.6 Å². The summed E-state index contributed by atoms with van der Waals surface area (Å²) in [5.41, 5.74) is 19.2. The first-order valence-electron chi connectivity index (χ1n) is 21.8. The molecule has 10 rings (SSSR count). The van der Waals surface area contributed by atoms with E-state index in [4.69, 9.17) is 6.57 Å². The monoisotopic (exact) mass is 822 g/mol. The molecule has 0 atom stereocenters. The van der Waals surface area contributed by atoms with Crippen molar-refractivity contribution in [3.8, 4) is 28.3 Å². The van der Waals surface area contributed by atoms with Gasteiger partial charge in [-0.2, -0.15) is 5.26 Å². The summed E-state index contributed by atoms with van der Waals surface area (Å²) in [4.78, 5) is 8.57. The van der Waals surface area contributed by atoms with Gasteiger partial charge < -0.3 is 9.80 Å². The van der Waals surface area contributed by atoms with Crippen molar-refractivity contribution in [2.75, 3.05) is 9.80 Å². The molecular weight excluding hydrogens is 777 g/mol. The molecule has 0 heterocycles. The maximum absolute atomic E-state index is 9.84. The highest BCUT2D eigenvalue weighted by atomic mass is 15.2. The fraction of sp³-hybridized carbons (Fsp3) is 0.100. The predicted molar refractivity (Wildman–Crippen MR) is 270 cm³/mol. The summed E-state index contributed by atoms with van der Waals surface area (Å²) in [7, 11) is 0. The second-order valence-electron chi connectivity index (χ2n) is 17.2. The quantitative estimate of drug-likeness (QED) is 0.113. The van der Waals surface area contributed by atoms with Crippen LogP contribution in [0, 0.1) is 59.4 Å². The van der Waals surface area contributed by atoms with Crippen molar-refractivity contribution in [3.05, 3.63) is 220 Å². The zero-order chi connectivity index (χ0) is 44.2. The Bertz CT molecular complexity index is 3290. The van der Waals surface area contributed by atoms with Crippen LogP contribution >= 0.6 is 0 Å². The van der Waals surface area contributed by atoms with Gasteiger partial charge in [0, 0.05) is 44.3 Å². The van der Waals surface area contributed by atoms with E-state index in [1.54, 1.807) is 0 Å². The van der Waals surface area contributed by atoms with E-state index in [2.05, 4.69) is 208 Å². The van der Waals surface area contributed by atoms with E-state index in [0.717, 1.165) is 77.9 Å². The van der Waals surface area contributed by atoms with E-state index in [-0.39, 0.29) is 0 Å². The number of benzene rings is 10. The molecule has 0 saturated heterocycles. The van der Waals surface area contributed by atoms with Crippen molar-refractivity contribution in [1.82, 2.24) is 0 Å². The van der Waals surface area contributed by atoms with Gasteiger partial charge in [0.15, 0.2) is 5.69 Å². The van der Waals surface area contributed by atoms with Gasteiger partial charge in [-0.1, -0.05) is 97.1 Å². The van der Waals surface area contributed by atoms with Crippen LogP contribution in [0.3, 0.4) is 0 Å². The SMILES string of the molecule is [C-]#[N+]c1ccc(-c2cc(N(c3cccc(C)c3)c3ccc(C)c(C)c3)c3ccc4c(-c5ccc(C#N)cc5)cc(N(c5cccc(C)c5)c5ccc(C)c(C)c5)c5ccc2c3c45)cc1. The summed E-state index contributed by atoms with van der Waals surface area (Å²) in [5, 5.41) is 16.7. The van der Waals surface area contributed by atoms with Crippen molar-refractivity contribution >= 4 is 72.1 Å². The van der Waals surface area contributed by atoms with E-state index < -0.39 is 0 Å². The number of hydrogen-bond donors (Lipinski definition) is 0. The summed E-state index contributed by atoms with van der Waals surface area (Å²) >= 11 is 0. The second kappa shape index (κ2) is 15.9. The molecule has 0 aliphatic heterocycles. The highest BCUT2D eigenvalue weighted by molar-refractivity contribution is 6.32. The van der Waals surface area contributed by atoms with Gasteiger partial charge >= 0.3 is 0 Å². The standard InChI is InChI=1S/C60H46N4/c1-37-10-8-12-47(30-37)63(49-24-14-39(3)41(5)32-49)57-34-55(44-18-16-43(36-61)17-19-44)51-26-28-54-58(64(48-13-9-11-38(2)31-48)50-25-15-40(4)42(6)33-50)35-56(45-20-22-46(62-7)23-21-45)52-27-29-53(57)59(51)60(52)54/h8-35H,1-6H3. The second-order valence-corrected chi connectivity index (χ2v) is 17.2. The molecule has 0 saturated carbocycles. The number of anilines is 6. The van der Waals surface area contributed by atoms with Gasteiger partial charge in [-0.15, -0.1) is 0 Å². The molecule has 10 aromatic rings. The predicted octanol–water partition coefficient (Wildman–Crippen LogP) is 17.1. The summed E-state index contributed by atoms with van der Waals surface area (Å²) in [6.45, 7) is 20.7. The lowest BCUT2D eigenvalue weighted by molar-refractivity contribution is 1.25. The average Bonchev–Trinajstić information content (AvgIpc) is 3.31. The Labute approximate surface area is 375 Å². The molecule has 0 aliphatic carbocycles. The maximum atomic E-state index is 9.84. The number of nitriles is 1. The van der Waals surface area contributed by atoms with Crippen LogP contribution in [0.4, 0.5) is 39.8 Å². The lowest BCUT2D eigenvalue weighted by atomic mass is 9.85. The molecule has 0 aliphatic rings. The highest BCUT2D eigenvalue weighted by Gasteiger charge is 2.26. The Hall–Kier alpha value is -8.18. The van der Waals surface area contributed by atoms with Gasteiger partial charge in [-0.3, -0.25) is 0 Å². The van der Waals surface area contributed by atoms with Gasteiger partial charge in [0.2, 0.25) is 0 Å². The van der Waals surface area contributed by atoms with E-state index in [0.29, 0.717) is 11.3 Å². The van der Waals surface area contributed by atoms with E-state index in [1.165, 1.54) is 44.2 Å². The average molecular weight is 823 g/mol. The van der Waals surface area contributed by atoms with E-state index in [1.807, 2.05) is 24.3 Å². The molecular formula is C60H46N4. The van der Waals surface area contributed by atoms with Gasteiger partial charge in [0.1, 0.15) is 0 Å². The number of hydrogen-bond acceptors (Lipinski definition) is 3. The van der Waals surface area contributed by atoms with Crippen molar-refractivity contribution < 1.29 is 0 Å². The largest absolute Gasteiger partial charge is 0.310 e. The van der Waals surface area contributed by atoms with Gasteiger partial charge in [0.05, 0.1) is 29.6 Å². The fourth-order valence-electron chi connectivity index (χ4n) is 9.36. The minimum absolute atomic E-state index is 0.609. The van der Waals surface area contributed by atoms with Gasteiger partial charge in [0.25, 0.3) is 0 Å². The van der Waals surface area contributed by atoms with Crippen LogP contribution in [0.15, 0.2) is 170 Å².